The van der Waals surface area contributed by atoms with E-state index in [0.29, 0.717) is 35.1 Å². The van der Waals surface area contributed by atoms with E-state index < -0.39 is 0 Å². The van der Waals surface area contributed by atoms with Gasteiger partial charge in [-0.1, -0.05) is 74.3 Å². The molecule has 3 aromatic rings. The number of hydrogen-bond donors (Lipinski definition) is 0. The van der Waals surface area contributed by atoms with E-state index >= 15 is 0 Å². The maximum atomic E-state index is 13.8. The highest BCUT2D eigenvalue weighted by Crippen LogP contribution is 2.27. The van der Waals surface area contributed by atoms with Crippen molar-refractivity contribution < 1.29 is 4.79 Å². The average Bonchev–Trinajstić information content (AvgIpc) is 2.77. The van der Waals surface area contributed by atoms with Crippen molar-refractivity contribution >= 4 is 34.9 Å². The topological polar surface area (TPSA) is 36.4 Å². The van der Waals surface area contributed by atoms with E-state index in [1.807, 2.05) is 29.2 Å². The fourth-order valence-electron chi connectivity index (χ4n) is 4.06. The fourth-order valence-corrected chi connectivity index (χ4v) is 4.38. The summed E-state index contributed by atoms with van der Waals surface area (Å²) >= 11 is 12.3. The predicted octanol–water partition coefficient (Wildman–Crippen LogP) is 6.78. The van der Waals surface area contributed by atoms with Gasteiger partial charge in [-0.2, -0.15) is 0 Å². The minimum absolute atomic E-state index is 0.00467. The maximum absolute atomic E-state index is 13.8. The second-order valence-electron chi connectivity index (χ2n) is 9.89. The molecule has 1 aromatic heterocycles. The first-order valence-electron chi connectivity index (χ1n) is 11.7. The summed E-state index contributed by atoms with van der Waals surface area (Å²) in [6.07, 6.45) is 3.57. The molecule has 2 aromatic carbocycles. The third kappa shape index (κ3) is 5.73. The molecular formula is C28H31Cl2N3O. The van der Waals surface area contributed by atoms with Gasteiger partial charge in [-0.05, 0) is 59.2 Å². The van der Waals surface area contributed by atoms with Gasteiger partial charge in [0.2, 0.25) is 0 Å². The zero-order valence-corrected chi connectivity index (χ0v) is 21.5. The van der Waals surface area contributed by atoms with Crippen molar-refractivity contribution in [2.24, 2.45) is 0 Å². The number of amides is 1. The maximum Gasteiger partial charge on any atom is 0.257 e. The van der Waals surface area contributed by atoms with Crippen LogP contribution in [-0.4, -0.2) is 35.4 Å². The summed E-state index contributed by atoms with van der Waals surface area (Å²) in [7, 11) is 0. The third-order valence-corrected chi connectivity index (χ3v) is 7.05. The number of aromatic nitrogens is 1. The van der Waals surface area contributed by atoms with Crippen LogP contribution < -0.4 is 4.90 Å². The Kier molecular flexibility index (Phi) is 7.49. The molecule has 178 valence electrons. The van der Waals surface area contributed by atoms with Crippen molar-refractivity contribution in [1.82, 2.24) is 9.88 Å². The van der Waals surface area contributed by atoms with Gasteiger partial charge in [0.1, 0.15) is 5.82 Å². The third-order valence-electron chi connectivity index (χ3n) is 6.31. The lowest BCUT2D eigenvalue weighted by atomic mass is 9.87. The Balaban J connectivity index is 1.59. The summed E-state index contributed by atoms with van der Waals surface area (Å²) < 4.78 is 0. The standard InChI is InChI=1S/C28H31Cl2N3O/c1-28(2,3)22-10-7-21(8-11-22)19-33(17-13-20-9-12-24(29)25(30)18-20)27(34)23-6-4-14-31-26(23)32-15-5-16-32/h4,6-12,14,18H,5,13,15-17,19H2,1-3H3. The Bertz CT molecular complexity index is 1150. The lowest BCUT2D eigenvalue weighted by Gasteiger charge is -2.34. The smallest absolute Gasteiger partial charge is 0.257 e. The first kappa shape index (κ1) is 24.6. The van der Waals surface area contributed by atoms with Gasteiger partial charge in [-0.3, -0.25) is 4.79 Å². The highest BCUT2D eigenvalue weighted by atomic mass is 35.5. The fraction of sp³-hybridized carbons (Fsp3) is 0.357. The van der Waals surface area contributed by atoms with E-state index in [2.05, 4.69) is 54.9 Å². The largest absolute Gasteiger partial charge is 0.356 e. The number of halogens is 2. The highest BCUT2D eigenvalue weighted by molar-refractivity contribution is 6.42. The van der Waals surface area contributed by atoms with Crippen molar-refractivity contribution in [3.63, 3.8) is 0 Å². The molecule has 0 aliphatic carbocycles. The van der Waals surface area contributed by atoms with E-state index in [9.17, 15) is 4.79 Å². The Morgan fingerprint density at radius 3 is 2.32 bits per heavy atom. The zero-order chi connectivity index (χ0) is 24.3. The molecule has 0 unspecified atom stereocenters. The number of carbonyl (C=O) groups is 1. The first-order valence-corrected chi connectivity index (χ1v) is 12.5. The monoisotopic (exact) mass is 495 g/mol. The van der Waals surface area contributed by atoms with Gasteiger partial charge in [-0.25, -0.2) is 4.98 Å². The van der Waals surface area contributed by atoms with E-state index in [0.717, 1.165) is 36.5 Å². The molecule has 2 heterocycles. The van der Waals surface area contributed by atoms with Crippen LogP contribution in [0.5, 0.6) is 0 Å². The van der Waals surface area contributed by atoms with Crippen molar-refractivity contribution in [3.8, 4) is 0 Å². The van der Waals surface area contributed by atoms with Crippen LogP contribution in [0, 0.1) is 0 Å². The molecule has 1 saturated heterocycles. The Hall–Kier alpha value is -2.56. The molecule has 0 saturated carbocycles. The molecule has 0 spiro atoms. The Morgan fingerprint density at radius 1 is 1.00 bits per heavy atom. The van der Waals surface area contributed by atoms with Crippen LogP contribution >= 0.6 is 23.2 Å². The van der Waals surface area contributed by atoms with Crippen LogP contribution in [-0.2, 0) is 18.4 Å². The second-order valence-corrected chi connectivity index (χ2v) is 10.7. The second kappa shape index (κ2) is 10.4. The number of hydrogen-bond acceptors (Lipinski definition) is 3. The summed E-state index contributed by atoms with van der Waals surface area (Å²) in [5.41, 5.74) is 4.17. The van der Waals surface area contributed by atoms with E-state index in [4.69, 9.17) is 23.2 Å². The molecule has 4 rings (SSSR count). The molecular weight excluding hydrogens is 465 g/mol. The number of rotatable bonds is 7. The lowest BCUT2D eigenvalue weighted by Crippen LogP contribution is -2.40. The van der Waals surface area contributed by atoms with Crippen molar-refractivity contribution in [1.29, 1.82) is 0 Å². The van der Waals surface area contributed by atoms with Gasteiger partial charge in [0.15, 0.2) is 0 Å². The van der Waals surface area contributed by atoms with Gasteiger partial charge in [0, 0.05) is 32.4 Å². The number of carbonyl (C=O) groups excluding carboxylic acids is 1. The molecule has 1 amide bonds. The summed E-state index contributed by atoms with van der Waals surface area (Å²) in [5.74, 6) is 0.774. The average molecular weight is 496 g/mol. The molecule has 0 N–H and O–H groups in total. The molecule has 0 radical (unpaired) electrons. The van der Waals surface area contributed by atoms with Gasteiger partial charge in [-0.15, -0.1) is 0 Å². The van der Waals surface area contributed by atoms with Crippen LogP contribution in [0.15, 0.2) is 60.8 Å². The van der Waals surface area contributed by atoms with Gasteiger partial charge >= 0.3 is 0 Å². The lowest BCUT2D eigenvalue weighted by molar-refractivity contribution is 0.0745. The number of anilines is 1. The summed E-state index contributed by atoms with van der Waals surface area (Å²) in [6, 6.07) is 17.9. The van der Waals surface area contributed by atoms with Crippen molar-refractivity contribution in [2.45, 2.75) is 45.6 Å². The van der Waals surface area contributed by atoms with Crippen molar-refractivity contribution in [2.75, 3.05) is 24.5 Å². The minimum Gasteiger partial charge on any atom is -0.356 e. The van der Waals surface area contributed by atoms with Gasteiger partial charge in [0.25, 0.3) is 5.91 Å². The van der Waals surface area contributed by atoms with Crippen LogP contribution in [0.4, 0.5) is 5.82 Å². The number of pyridine rings is 1. The molecule has 1 aliphatic rings. The van der Waals surface area contributed by atoms with Crippen LogP contribution in [0.2, 0.25) is 10.0 Å². The predicted molar refractivity (Wildman–Crippen MR) is 141 cm³/mol. The molecule has 1 fully saturated rings. The van der Waals surface area contributed by atoms with Gasteiger partial charge < -0.3 is 9.80 Å². The first-order chi connectivity index (χ1) is 16.2. The number of benzene rings is 2. The summed E-state index contributed by atoms with van der Waals surface area (Å²) in [5, 5.41) is 1.06. The molecule has 1 aliphatic heterocycles. The summed E-state index contributed by atoms with van der Waals surface area (Å²) in [4.78, 5) is 22.4. The molecule has 0 atom stereocenters. The molecule has 34 heavy (non-hydrogen) atoms. The van der Waals surface area contributed by atoms with Crippen molar-refractivity contribution in [3.05, 3.63) is 93.1 Å². The van der Waals surface area contributed by atoms with Crippen LogP contribution in [0.3, 0.4) is 0 Å². The molecule has 0 bridgehead atoms. The van der Waals surface area contributed by atoms with Crippen LogP contribution in [0.25, 0.3) is 0 Å². The quantitative estimate of drug-likeness (QED) is 0.362. The SMILES string of the molecule is CC(C)(C)c1ccc(CN(CCc2ccc(Cl)c(Cl)c2)C(=O)c2cccnc2N2CCC2)cc1. The normalized spacial score (nSPS) is 13.5. The van der Waals surface area contributed by atoms with E-state index in [1.165, 1.54) is 5.56 Å². The Morgan fingerprint density at radius 2 is 1.71 bits per heavy atom. The summed E-state index contributed by atoms with van der Waals surface area (Å²) in [6.45, 7) is 9.58. The van der Waals surface area contributed by atoms with E-state index in [1.54, 1.807) is 12.3 Å². The van der Waals surface area contributed by atoms with E-state index in [-0.39, 0.29) is 11.3 Å². The molecule has 4 nitrogen and oxygen atoms in total. The Labute approximate surface area is 212 Å². The number of nitrogens with zero attached hydrogens (tertiary/aromatic N) is 3. The van der Waals surface area contributed by atoms with Gasteiger partial charge in [0.05, 0.1) is 15.6 Å². The zero-order valence-electron chi connectivity index (χ0n) is 20.0. The molecule has 6 heteroatoms. The van der Waals surface area contributed by atoms with Crippen LogP contribution in [0.1, 0.15) is 54.2 Å². The minimum atomic E-state index is -0.00467. The highest BCUT2D eigenvalue weighted by Gasteiger charge is 2.25.